The highest BCUT2D eigenvalue weighted by molar-refractivity contribution is 6.07. The second kappa shape index (κ2) is 7.39. The van der Waals surface area contributed by atoms with E-state index < -0.39 is 24.2 Å². The number of hydrogen-bond acceptors (Lipinski definition) is 6. The molecule has 1 aromatic carbocycles. The number of nitrogens with zero attached hydrogens (tertiary/aromatic N) is 3. The summed E-state index contributed by atoms with van der Waals surface area (Å²) in [4.78, 5) is 12.7. The molecule has 8 nitrogen and oxygen atoms in total. The van der Waals surface area contributed by atoms with Crippen LogP contribution < -0.4 is 15.4 Å². The lowest BCUT2D eigenvalue weighted by atomic mass is 9.96. The number of benzene rings is 1. The van der Waals surface area contributed by atoms with E-state index in [1.807, 2.05) is 0 Å². The molecule has 1 aliphatic rings. The van der Waals surface area contributed by atoms with E-state index in [0.29, 0.717) is 17.1 Å². The van der Waals surface area contributed by atoms with Gasteiger partial charge in [0.05, 0.1) is 19.3 Å². The summed E-state index contributed by atoms with van der Waals surface area (Å²) in [5.41, 5.74) is 0.576. The van der Waals surface area contributed by atoms with Crippen molar-refractivity contribution in [2.45, 2.75) is 31.6 Å². The Balaban J connectivity index is 1.70. The SMILES string of the molecule is COc1cccc([C@@H]2C[C@H](C(F)(F)F)n3ncc(C(=O)Nc4cc(C)on4)c3N2)c1. The maximum Gasteiger partial charge on any atom is 0.410 e. The molecule has 3 heterocycles. The van der Waals surface area contributed by atoms with Gasteiger partial charge in [0.15, 0.2) is 11.9 Å². The molecule has 2 N–H and O–H groups in total. The number of fused-ring (bicyclic) bond motifs is 1. The Morgan fingerprint density at radius 2 is 2.17 bits per heavy atom. The molecule has 0 bridgehead atoms. The lowest BCUT2D eigenvalue weighted by molar-refractivity contribution is -0.173. The van der Waals surface area contributed by atoms with Crippen LogP contribution in [0.15, 0.2) is 41.1 Å². The van der Waals surface area contributed by atoms with Gasteiger partial charge in [-0.25, -0.2) is 4.68 Å². The Bertz CT molecular complexity index is 1080. The molecule has 1 amide bonds. The van der Waals surface area contributed by atoms with Crippen LogP contribution in [0.25, 0.3) is 0 Å². The van der Waals surface area contributed by atoms with E-state index in [0.717, 1.165) is 10.9 Å². The zero-order valence-electron chi connectivity index (χ0n) is 16.0. The largest absolute Gasteiger partial charge is 0.497 e. The van der Waals surface area contributed by atoms with E-state index in [-0.39, 0.29) is 23.6 Å². The Kier molecular flexibility index (Phi) is 4.88. The molecule has 0 spiro atoms. The molecule has 0 saturated carbocycles. The number of rotatable bonds is 4. The Morgan fingerprint density at radius 1 is 1.37 bits per heavy atom. The standard InChI is InChI=1S/C19H18F3N5O3/c1-10-6-16(26-30-10)25-18(28)13-9-23-27-15(19(20,21)22)8-14(24-17(13)27)11-4-3-5-12(7-11)29-2/h3-7,9,14-15,24H,8H2,1-2H3,(H,25,26,28)/t14-,15+/m0/s1. The minimum Gasteiger partial charge on any atom is -0.497 e. The summed E-state index contributed by atoms with van der Waals surface area (Å²) < 4.78 is 52.2. The molecule has 1 aliphatic heterocycles. The molecule has 0 fully saturated rings. The van der Waals surface area contributed by atoms with Gasteiger partial charge in [0.2, 0.25) is 0 Å². The average molecular weight is 421 g/mol. The number of alkyl halides is 3. The number of anilines is 2. The van der Waals surface area contributed by atoms with Gasteiger partial charge < -0.3 is 19.9 Å². The quantitative estimate of drug-likeness (QED) is 0.659. The van der Waals surface area contributed by atoms with Crippen molar-refractivity contribution < 1.29 is 27.2 Å². The third-order valence-electron chi connectivity index (χ3n) is 4.85. The minimum absolute atomic E-state index is 0.0193. The van der Waals surface area contributed by atoms with Crippen LogP contribution in [-0.2, 0) is 0 Å². The number of amides is 1. The number of methoxy groups -OCH3 is 1. The van der Waals surface area contributed by atoms with Crippen LogP contribution in [0.3, 0.4) is 0 Å². The summed E-state index contributed by atoms with van der Waals surface area (Å²) in [6.07, 6.45) is -3.72. The summed E-state index contributed by atoms with van der Waals surface area (Å²) in [6, 6.07) is 5.69. The van der Waals surface area contributed by atoms with Crippen molar-refractivity contribution in [2.24, 2.45) is 0 Å². The van der Waals surface area contributed by atoms with E-state index in [2.05, 4.69) is 20.9 Å². The first-order valence-electron chi connectivity index (χ1n) is 9.05. The second-order valence-electron chi connectivity index (χ2n) is 6.89. The topological polar surface area (TPSA) is 94.2 Å². The van der Waals surface area contributed by atoms with Gasteiger partial charge in [-0.1, -0.05) is 17.3 Å². The molecule has 0 unspecified atom stereocenters. The van der Waals surface area contributed by atoms with Crippen LogP contribution in [0.5, 0.6) is 5.75 Å². The predicted molar refractivity (Wildman–Crippen MR) is 100 cm³/mol. The highest BCUT2D eigenvalue weighted by atomic mass is 19.4. The molecular formula is C19H18F3N5O3. The van der Waals surface area contributed by atoms with Crippen molar-refractivity contribution in [1.29, 1.82) is 0 Å². The number of ether oxygens (including phenoxy) is 1. The summed E-state index contributed by atoms with van der Waals surface area (Å²) in [6.45, 7) is 1.65. The molecule has 0 aliphatic carbocycles. The maximum absolute atomic E-state index is 13.8. The first kappa shape index (κ1) is 19.8. The number of halogens is 3. The number of hydrogen-bond donors (Lipinski definition) is 2. The molecule has 3 aromatic rings. The smallest absolute Gasteiger partial charge is 0.410 e. The molecule has 158 valence electrons. The molecule has 2 atom stereocenters. The van der Waals surface area contributed by atoms with Crippen LogP contribution in [0.2, 0.25) is 0 Å². The van der Waals surface area contributed by atoms with Crippen molar-refractivity contribution >= 4 is 17.5 Å². The molecule has 11 heteroatoms. The molecule has 0 saturated heterocycles. The number of aromatic nitrogens is 3. The molecule has 0 radical (unpaired) electrons. The van der Waals surface area contributed by atoms with E-state index in [4.69, 9.17) is 9.26 Å². The molecule has 4 rings (SSSR count). The van der Waals surface area contributed by atoms with E-state index in [1.54, 1.807) is 31.2 Å². The van der Waals surface area contributed by atoms with Gasteiger partial charge in [-0.3, -0.25) is 4.79 Å². The number of nitrogens with one attached hydrogen (secondary N) is 2. The second-order valence-corrected chi connectivity index (χ2v) is 6.89. The van der Waals surface area contributed by atoms with Crippen LogP contribution in [-0.4, -0.2) is 34.1 Å². The first-order chi connectivity index (χ1) is 14.3. The van der Waals surface area contributed by atoms with Crippen molar-refractivity contribution in [1.82, 2.24) is 14.9 Å². The lowest BCUT2D eigenvalue weighted by Gasteiger charge is -2.34. The normalized spacial score (nSPS) is 18.4. The summed E-state index contributed by atoms with van der Waals surface area (Å²) in [5.74, 6) is 0.496. The first-order valence-corrected chi connectivity index (χ1v) is 9.05. The van der Waals surface area contributed by atoms with Crippen molar-refractivity contribution in [3.05, 3.63) is 53.4 Å². The number of carbonyl (C=O) groups excluding carboxylic acids is 1. The predicted octanol–water partition coefficient (Wildman–Crippen LogP) is 4.10. The Hall–Kier alpha value is -3.50. The van der Waals surface area contributed by atoms with Crippen LogP contribution >= 0.6 is 0 Å². The lowest BCUT2D eigenvalue weighted by Crippen LogP contribution is -2.36. The third kappa shape index (κ3) is 3.70. The monoisotopic (exact) mass is 421 g/mol. The fourth-order valence-electron chi connectivity index (χ4n) is 3.41. The summed E-state index contributed by atoms with van der Waals surface area (Å²) >= 11 is 0. The number of carbonyl (C=O) groups is 1. The van der Waals surface area contributed by atoms with Gasteiger partial charge in [0.25, 0.3) is 5.91 Å². The van der Waals surface area contributed by atoms with Crippen LogP contribution in [0, 0.1) is 6.92 Å². The minimum atomic E-state index is -4.54. The van der Waals surface area contributed by atoms with E-state index >= 15 is 0 Å². The fourth-order valence-corrected chi connectivity index (χ4v) is 3.41. The molecule has 2 aromatic heterocycles. The average Bonchev–Trinajstić information content (AvgIpc) is 3.32. The van der Waals surface area contributed by atoms with Gasteiger partial charge in [0.1, 0.15) is 22.9 Å². The highest BCUT2D eigenvalue weighted by Gasteiger charge is 2.47. The Labute approximate surface area is 169 Å². The molecule has 30 heavy (non-hydrogen) atoms. The van der Waals surface area contributed by atoms with Gasteiger partial charge in [-0.15, -0.1) is 0 Å². The fraction of sp³-hybridized carbons (Fsp3) is 0.316. The van der Waals surface area contributed by atoms with Gasteiger partial charge in [0, 0.05) is 12.5 Å². The zero-order valence-corrected chi connectivity index (χ0v) is 16.0. The summed E-state index contributed by atoms with van der Waals surface area (Å²) in [5, 5.41) is 13.0. The van der Waals surface area contributed by atoms with Crippen LogP contribution in [0.4, 0.5) is 24.8 Å². The van der Waals surface area contributed by atoms with E-state index in [1.165, 1.54) is 13.2 Å². The van der Waals surface area contributed by atoms with Crippen molar-refractivity contribution in [3.63, 3.8) is 0 Å². The van der Waals surface area contributed by atoms with E-state index in [9.17, 15) is 18.0 Å². The number of aryl methyl sites for hydroxylation is 1. The van der Waals surface area contributed by atoms with Crippen molar-refractivity contribution in [3.8, 4) is 5.75 Å². The maximum atomic E-state index is 13.8. The van der Waals surface area contributed by atoms with Gasteiger partial charge in [-0.05, 0) is 24.6 Å². The van der Waals surface area contributed by atoms with Crippen LogP contribution in [0.1, 0.15) is 40.2 Å². The summed E-state index contributed by atoms with van der Waals surface area (Å²) in [7, 11) is 1.48. The highest BCUT2D eigenvalue weighted by Crippen LogP contribution is 2.44. The van der Waals surface area contributed by atoms with Gasteiger partial charge in [-0.2, -0.15) is 18.3 Å². The Morgan fingerprint density at radius 3 is 2.83 bits per heavy atom. The van der Waals surface area contributed by atoms with Crippen molar-refractivity contribution in [2.75, 3.05) is 17.7 Å². The third-order valence-corrected chi connectivity index (χ3v) is 4.85. The molecular weight excluding hydrogens is 403 g/mol. The zero-order chi connectivity index (χ0) is 21.5. The van der Waals surface area contributed by atoms with Gasteiger partial charge >= 0.3 is 6.18 Å².